The number of para-hydroxylation sites is 1. The lowest BCUT2D eigenvalue weighted by molar-refractivity contribution is -0.125. The second kappa shape index (κ2) is 8.04. The number of anilines is 1. The third-order valence-corrected chi connectivity index (χ3v) is 4.36. The number of carbonyl (C=O) groups excluding carboxylic acids is 2. The molecule has 0 spiro atoms. The molecule has 2 aromatic rings. The lowest BCUT2D eigenvalue weighted by Gasteiger charge is -2.33. The number of fused-ring (bicyclic) bond motifs is 1. The summed E-state index contributed by atoms with van der Waals surface area (Å²) in [7, 11) is 0. The standard InChI is InChI=1S/C21H23NO4/c1-15(23)17-10-11-20-19(14-17)22(21(24)16(2)26-20)12-6-7-13-25-18-8-4-3-5-9-18/h3-5,8-11,14,16H,6-7,12-13H2,1-2H3. The Morgan fingerprint density at radius 3 is 2.65 bits per heavy atom. The van der Waals surface area contributed by atoms with Crippen molar-refractivity contribution >= 4 is 17.4 Å². The number of Topliss-reactive ketones (excluding diaryl/α,β-unsaturated/α-hetero) is 1. The van der Waals surface area contributed by atoms with Crippen LogP contribution in [-0.4, -0.2) is 30.9 Å². The Bertz CT molecular complexity index is 788. The molecular formula is C21H23NO4. The fraction of sp³-hybridized carbons (Fsp3) is 0.333. The second-order valence-electron chi connectivity index (χ2n) is 6.36. The fourth-order valence-corrected chi connectivity index (χ4v) is 2.94. The molecule has 0 bridgehead atoms. The zero-order valence-electron chi connectivity index (χ0n) is 15.1. The van der Waals surface area contributed by atoms with E-state index >= 15 is 0 Å². The van der Waals surface area contributed by atoms with Crippen LogP contribution in [0.3, 0.4) is 0 Å². The maximum Gasteiger partial charge on any atom is 0.267 e. The van der Waals surface area contributed by atoms with E-state index in [1.54, 1.807) is 30.0 Å². The number of rotatable bonds is 7. The lowest BCUT2D eigenvalue weighted by atomic mass is 10.1. The maximum absolute atomic E-state index is 12.5. The number of ketones is 1. The molecule has 0 N–H and O–H groups in total. The predicted octanol–water partition coefficient (Wildman–Crippen LogP) is 3.86. The summed E-state index contributed by atoms with van der Waals surface area (Å²) in [5, 5.41) is 0. The summed E-state index contributed by atoms with van der Waals surface area (Å²) in [6.45, 7) is 4.42. The van der Waals surface area contributed by atoms with Crippen LogP contribution in [0.4, 0.5) is 5.69 Å². The molecule has 5 nitrogen and oxygen atoms in total. The SMILES string of the molecule is CC(=O)c1ccc2c(c1)N(CCCCOc1ccccc1)C(=O)C(C)O2. The van der Waals surface area contributed by atoms with Crippen LogP contribution >= 0.6 is 0 Å². The van der Waals surface area contributed by atoms with Gasteiger partial charge in [-0.25, -0.2) is 0 Å². The van der Waals surface area contributed by atoms with Crippen molar-refractivity contribution in [1.82, 2.24) is 0 Å². The number of nitrogens with zero attached hydrogens (tertiary/aromatic N) is 1. The van der Waals surface area contributed by atoms with Gasteiger partial charge in [0.25, 0.3) is 5.91 Å². The van der Waals surface area contributed by atoms with Crippen LogP contribution in [-0.2, 0) is 4.79 Å². The molecule has 0 aliphatic carbocycles. The first kappa shape index (κ1) is 18.0. The summed E-state index contributed by atoms with van der Waals surface area (Å²) < 4.78 is 11.4. The molecule has 1 heterocycles. The van der Waals surface area contributed by atoms with Gasteiger partial charge in [0.15, 0.2) is 11.9 Å². The maximum atomic E-state index is 12.5. The number of unbranched alkanes of at least 4 members (excludes halogenated alkanes) is 1. The molecule has 1 unspecified atom stereocenters. The molecule has 136 valence electrons. The van der Waals surface area contributed by atoms with E-state index in [9.17, 15) is 9.59 Å². The number of hydrogen-bond donors (Lipinski definition) is 0. The summed E-state index contributed by atoms with van der Waals surface area (Å²) in [6, 6.07) is 14.9. The molecule has 1 aliphatic rings. The van der Waals surface area contributed by atoms with Crippen molar-refractivity contribution in [2.24, 2.45) is 0 Å². The summed E-state index contributed by atoms with van der Waals surface area (Å²) >= 11 is 0. The van der Waals surface area contributed by atoms with Crippen LogP contribution < -0.4 is 14.4 Å². The first-order valence-electron chi connectivity index (χ1n) is 8.87. The van der Waals surface area contributed by atoms with Crippen molar-refractivity contribution in [2.45, 2.75) is 32.8 Å². The van der Waals surface area contributed by atoms with E-state index < -0.39 is 6.10 Å². The Labute approximate surface area is 153 Å². The topological polar surface area (TPSA) is 55.8 Å². The van der Waals surface area contributed by atoms with Gasteiger partial charge in [0, 0.05) is 12.1 Å². The first-order valence-corrected chi connectivity index (χ1v) is 8.87. The fourth-order valence-electron chi connectivity index (χ4n) is 2.94. The highest BCUT2D eigenvalue weighted by Crippen LogP contribution is 2.35. The van der Waals surface area contributed by atoms with Crippen molar-refractivity contribution in [3.8, 4) is 11.5 Å². The molecule has 0 saturated carbocycles. The quantitative estimate of drug-likeness (QED) is 0.560. The highest BCUT2D eigenvalue weighted by atomic mass is 16.5. The Morgan fingerprint density at radius 1 is 1.15 bits per heavy atom. The average Bonchev–Trinajstić information content (AvgIpc) is 2.64. The highest BCUT2D eigenvalue weighted by molar-refractivity contribution is 6.02. The van der Waals surface area contributed by atoms with Crippen molar-refractivity contribution in [3.63, 3.8) is 0 Å². The monoisotopic (exact) mass is 353 g/mol. The van der Waals surface area contributed by atoms with E-state index in [4.69, 9.17) is 9.47 Å². The Morgan fingerprint density at radius 2 is 1.92 bits per heavy atom. The van der Waals surface area contributed by atoms with E-state index in [-0.39, 0.29) is 11.7 Å². The summed E-state index contributed by atoms with van der Waals surface area (Å²) in [6.07, 6.45) is 1.11. The molecule has 0 radical (unpaired) electrons. The van der Waals surface area contributed by atoms with Gasteiger partial charge >= 0.3 is 0 Å². The van der Waals surface area contributed by atoms with Gasteiger partial charge in [-0.15, -0.1) is 0 Å². The highest BCUT2D eigenvalue weighted by Gasteiger charge is 2.31. The molecule has 5 heteroatoms. The van der Waals surface area contributed by atoms with Crippen LogP contribution in [0.1, 0.15) is 37.0 Å². The predicted molar refractivity (Wildman–Crippen MR) is 100 cm³/mol. The molecule has 0 aromatic heterocycles. The second-order valence-corrected chi connectivity index (χ2v) is 6.36. The smallest absolute Gasteiger partial charge is 0.267 e. The van der Waals surface area contributed by atoms with Crippen LogP contribution in [0.25, 0.3) is 0 Å². The van der Waals surface area contributed by atoms with Gasteiger partial charge in [-0.3, -0.25) is 9.59 Å². The van der Waals surface area contributed by atoms with E-state index in [0.29, 0.717) is 30.2 Å². The van der Waals surface area contributed by atoms with E-state index in [1.165, 1.54) is 6.92 Å². The van der Waals surface area contributed by atoms with Gasteiger partial charge in [-0.2, -0.15) is 0 Å². The molecular weight excluding hydrogens is 330 g/mol. The molecule has 2 aromatic carbocycles. The average molecular weight is 353 g/mol. The lowest BCUT2D eigenvalue weighted by Crippen LogP contribution is -2.45. The van der Waals surface area contributed by atoms with Gasteiger partial charge in [0.1, 0.15) is 11.5 Å². The number of ether oxygens (including phenoxy) is 2. The minimum Gasteiger partial charge on any atom is -0.494 e. The Hall–Kier alpha value is -2.82. The summed E-state index contributed by atoms with van der Waals surface area (Å²) in [4.78, 5) is 25.9. The van der Waals surface area contributed by atoms with Gasteiger partial charge in [0.05, 0.1) is 12.3 Å². The minimum absolute atomic E-state index is 0.0323. The van der Waals surface area contributed by atoms with Crippen LogP contribution in [0.15, 0.2) is 48.5 Å². The molecule has 26 heavy (non-hydrogen) atoms. The third-order valence-electron chi connectivity index (χ3n) is 4.36. The Balaban J connectivity index is 1.62. The molecule has 3 rings (SSSR count). The summed E-state index contributed by atoms with van der Waals surface area (Å²) in [5.41, 5.74) is 1.25. The minimum atomic E-state index is -0.522. The molecule has 1 amide bonds. The normalized spacial score (nSPS) is 16.0. The number of amides is 1. The van der Waals surface area contributed by atoms with E-state index in [0.717, 1.165) is 18.6 Å². The van der Waals surface area contributed by atoms with Gasteiger partial charge in [0.2, 0.25) is 0 Å². The largest absolute Gasteiger partial charge is 0.494 e. The van der Waals surface area contributed by atoms with Crippen LogP contribution in [0.2, 0.25) is 0 Å². The molecule has 1 aliphatic heterocycles. The zero-order chi connectivity index (χ0) is 18.5. The molecule has 1 atom stereocenters. The Kier molecular flexibility index (Phi) is 5.56. The van der Waals surface area contributed by atoms with Crippen LogP contribution in [0, 0.1) is 0 Å². The van der Waals surface area contributed by atoms with Gasteiger partial charge in [-0.1, -0.05) is 18.2 Å². The van der Waals surface area contributed by atoms with Crippen molar-refractivity contribution in [3.05, 3.63) is 54.1 Å². The zero-order valence-corrected chi connectivity index (χ0v) is 15.1. The van der Waals surface area contributed by atoms with E-state index in [1.807, 2.05) is 30.3 Å². The molecule has 0 saturated heterocycles. The van der Waals surface area contributed by atoms with Gasteiger partial charge < -0.3 is 14.4 Å². The van der Waals surface area contributed by atoms with Crippen molar-refractivity contribution in [1.29, 1.82) is 0 Å². The van der Waals surface area contributed by atoms with E-state index in [2.05, 4.69) is 0 Å². The summed E-state index contributed by atoms with van der Waals surface area (Å²) in [5.74, 6) is 1.37. The number of carbonyl (C=O) groups is 2. The number of hydrogen-bond acceptors (Lipinski definition) is 4. The van der Waals surface area contributed by atoms with Crippen molar-refractivity contribution in [2.75, 3.05) is 18.1 Å². The first-order chi connectivity index (χ1) is 12.6. The number of benzene rings is 2. The van der Waals surface area contributed by atoms with Gasteiger partial charge in [-0.05, 0) is 57.0 Å². The van der Waals surface area contributed by atoms with Crippen molar-refractivity contribution < 1.29 is 19.1 Å². The third kappa shape index (κ3) is 4.04. The molecule has 0 fully saturated rings. The van der Waals surface area contributed by atoms with Crippen LogP contribution in [0.5, 0.6) is 11.5 Å².